The summed E-state index contributed by atoms with van der Waals surface area (Å²) in [6.45, 7) is 1.48. The zero-order valence-electron chi connectivity index (χ0n) is 9.73. The van der Waals surface area contributed by atoms with Gasteiger partial charge in [0.05, 0.1) is 7.11 Å². The maximum absolute atomic E-state index is 11.1. The van der Waals surface area contributed by atoms with Gasteiger partial charge in [0, 0.05) is 6.42 Å². The van der Waals surface area contributed by atoms with Crippen LogP contribution in [-0.2, 0) is 11.2 Å². The molecular weight excluding hydrogens is 224 g/mol. The average Bonchev–Trinajstić information content (AvgIpc) is 2.31. The van der Waals surface area contributed by atoms with E-state index in [-0.39, 0.29) is 12.2 Å². The van der Waals surface area contributed by atoms with E-state index in [1.165, 1.54) is 20.1 Å². The summed E-state index contributed by atoms with van der Waals surface area (Å²) in [7, 11) is 1.43. The monoisotopic (exact) mass is 240 g/mol. The van der Waals surface area contributed by atoms with Gasteiger partial charge in [-0.2, -0.15) is 0 Å². The number of phenols is 1. The van der Waals surface area contributed by atoms with Gasteiger partial charge in [-0.25, -0.2) is 5.43 Å². The zero-order valence-corrected chi connectivity index (χ0v) is 9.73. The highest BCUT2D eigenvalue weighted by Crippen LogP contribution is 2.27. The van der Waals surface area contributed by atoms with Gasteiger partial charge in [-0.3, -0.25) is 10.6 Å². The lowest BCUT2D eigenvalue weighted by Gasteiger charge is -2.23. The molecule has 1 rings (SSSR count). The molecule has 0 saturated heterocycles. The largest absolute Gasteiger partial charge is 0.504 e. The van der Waals surface area contributed by atoms with Crippen molar-refractivity contribution in [1.82, 2.24) is 5.43 Å². The van der Waals surface area contributed by atoms with Crippen molar-refractivity contribution in [3.05, 3.63) is 23.8 Å². The van der Waals surface area contributed by atoms with Crippen LogP contribution in [0.4, 0.5) is 0 Å². The van der Waals surface area contributed by atoms with E-state index in [0.717, 1.165) is 0 Å². The summed E-state index contributed by atoms with van der Waals surface area (Å²) in [4.78, 5) is 11.1. The van der Waals surface area contributed by atoms with Crippen LogP contribution in [0.5, 0.6) is 11.5 Å². The molecule has 0 radical (unpaired) electrons. The number of hydrazine groups is 1. The number of aliphatic carboxylic acids is 1. The molecule has 0 saturated carbocycles. The smallest absolute Gasteiger partial charge is 0.325 e. The van der Waals surface area contributed by atoms with E-state index < -0.39 is 11.5 Å². The van der Waals surface area contributed by atoms with Crippen LogP contribution in [0.3, 0.4) is 0 Å². The highest BCUT2D eigenvalue weighted by atomic mass is 16.5. The standard InChI is InChI=1S/C11H16N2O4/c1-11(13-12,10(15)16)6-7-3-4-8(14)9(5-7)17-2/h3-5,13-14H,6,12H2,1-2H3,(H,15,16). The van der Waals surface area contributed by atoms with Gasteiger partial charge < -0.3 is 14.9 Å². The summed E-state index contributed by atoms with van der Waals surface area (Å²) in [5.41, 5.74) is 1.71. The predicted molar refractivity (Wildman–Crippen MR) is 61.7 cm³/mol. The Morgan fingerprint density at radius 2 is 2.24 bits per heavy atom. The number of ether oxygens (including phenoxy) is 1. The zero-order chi connectivity index (χ0) is 13.1. The summed E-state index contributed by atoms with van der Waals surface area (Å²) < 4.78 is 4.95. The summed E-state index contributed by atoms with van der Waals surface area (Å²) in [5.74, 6) is 4.50. The molecule has 0 aromatic heterocycles. The van der Waals surface area contributed by atoms with Crippen LogP contribution in [0.1, 0.15) is 12.5 Å². The molecule has 1 aromatic rings. The lowest BCUT2D eigenvalue weighted by atomic mass is 9.93. The minimum Gasteiger partial charge on any atom is -0.504 e. The van der Waals surface area contributed by atoms with Crippen molar-refractivity contribution in [3.8, 4) is 11.5 Å². The lowest BCUT2D eigenvalue weighted by molar-refractivity contribution is -0.144. The molecule has 94 valence electrons. The molecule has 1 atom stereocenters. The quantitative estimate of drug-likeness (QED) is 0.434. The molecule has 17 heavy (non-hydrogen) atoms. The molecule has 5 N–H and O–H groups in total. The second-order valence-corrected chi connectivity index (χ2v) is 3.96. The first-order chi connectivity index (χ1) is 7.92. The van der Waals surface area contributed by atoms with E-state index in [4.69, 9.17) is 15.7 Å². The van der Waals surface area contributed by atoms with Crippen LogP contribution in [0.15, 0.2) is 18.2 Å². The predicted octanol–water partition coefficient (Wildman–Crippen LogP) is 0.250. The van der Waals surface area contributed by atoms with Crippen molar-refractivity contribution in [1.29, 1.82) is 0 Å². The number of phenolic OH excluding ortho intramolecular Hbond substituents is 1. The van der Waals surface area contributed by atoms with Gasteiger partial charge in [0.1, 0.15) is 5.54 Å². The summed E-state index contributed by atoms with van der Waals surface area (Å²) in [6.07, 6.45) is 0.176. The van der Waals surface area contributed by atoms with E-state index in [2.05, 4.69) is 5.43 Å². The fourth-order valence-electron chi connectivity index (χ4n) is 1.43. The molecule has 0 amide bonds. The maximum Gasteiger partial charge on any atom is 0.325 e. The second-order valence-electron chi connectivity index (χ2n) is 3.96. The van der Waals surface area contributed by atoms with Crippen molar-refractivity contribution in [3.63, 3.8) is 0 Å². The van der Waals surface area contributed by atoms with Gasteiger partial charge in [-0.15, -0.1) is 0 Å². The first kappa shape index (κ1) is 13.3. The van der Waals surface area contributed by atoms with Gasteiger partial charge in [-0.1, -0.05) is 6.07 Å². The molecule has 0 aliphatic heterocycles. The van der Waals surface area contributed by atoms with Gasteiger partial charge in [-0.05, 0) is 24.6 Å². The molecule has 6 heteroatoms. The van der Waals surface area contributed by atoms with Crippen molar-refractivity contribution in [2.45, 2.75) is 18.9 Å². The molecule has 1 aromatic carbocycles. The third-order valence-corrected chi connectivity index (χ3v) is 2.59. The maximum atomic E-state index is 11.1. The topological polar surface area (TPSA) is 105 Å². The SMILES string of the molecule is COc1cc(CC(C)(NN)C(=O)O)ccc1O. The molecule has 0 heterocycles. The van der Waals surface area contributed by atoms with E-state index in [1.54, 1.807) is 12.1 Å². The number of hydrogen-bond donors (Lipinski definition) is 4. The number of benzene rings is 1. The summed E-state index contributed by atoms with van der Waals surface area (Å²) in [5, 5.41) is 18.5. The van der Waals surface area contributed by atoms with Crippen LogP contribution in [-0.4, -0.2) is 28.8 Å². The normalized spacial score (nSPS) is 14.1. The van der Waals surface area contributed by atoms with Crippen molar-refractivity contribution >= 4 is 5.97 Å². The number of nitrogens with two attached hydrogens (primary N) is 1. The first-order valence-electron chi connectivity index (χ1n) is 5.00. The number of aromatic hydroxyl groups is 1. The number of methoxy groups -OCH3 is 1. The third-order valence-electron chi connectivity index (χ3n) is 2.59. The Bertz CT molecular complexity index is 422. The highest BCUT2D eigenvalue weighted by Gasteiger charge is 2.32. The van der Waals surface area contributed by atoms with Gasteiger partial charge in [0.25, 0.3) is 0 Å². The Hall–Kier alpha value is -1.79. The summed E-state index contributed by atoms with van der Waals surface area (Å²) >= 11 is 0. The van der Waals surface area contributed by atoms with Crippen LogP contribution in [0, 0.1) is 0 Å². The number of carboxylic acids is 1. The third kappa shape index (κ3) is 2.86. The minimum absolute atomic E-state index is 0.00832. The highest BCUT2D eigenvalue weighted by molar-refractivity contribution is 5.78. The van der Waals surface area contributed by atoms with E-state index >= 15 is 0 Å². The first-order valence-corrected chi connectivity index (χ1v) is 5.00. The minimum atomic E-state index is -1.26. The molecule has 1 unspecified atom stereocenters. The van der Waals surface area contributed by atoms with E-state index in [9.17, 15) is 9.90 Å². The Balaban J connectivity index is 2.98. The van der Waals surface area contributed by atoms with Gasteiger partial charge in [0.15, 0.2) is 11.5 Å². The van der Waals surface area contributed by atoms with E-state index in [1.807, 2.05) is 0 Å². The number of carbonyl (C=O) groups is 1. The van der Waals surface area contributed by atoms with Crippen LogP contribution in [0.2, 0.25) is 0 Å². The molecule has 0 spiro atoms. The average molecular weight is 240 g/mol. The van der Waals surface area contributed by atoms with Crippen molar-refractivity contribution < 1.29 is 19.7 Å². The van der Waals surface area contributed by atoms with Crippen LogP contribution in [0.25, 0.3) is 0 Å². The number of hydrogen-bond acceptors (Lipinski definition) is 5. The molecule has 0 aliphatic carbocycles. The molecule has 0 fully saturated rings. The fourth-order valence-corrected chi connectivity index (χ4v) is 1.43. The molecule has 0 bridgehead atoms. The second kappa shape index (κ2) is 5.03. The van der Waals surface area contributed by atoms with Crippen LogP contribution >= 0.6 is 0 Å². The molecule has 0 aliphatic rings. The fraction of sp³-hybridized carbons (Fsp3) is 0.364. The molecular formula is C11H16N2O4. The lowest BCUT2D eigenvalue weighted by Crippen LogP contribution is -2.54. The molecule has 6 nitrogen and oxygen atoms in total. The van der Waals surface area contributed by atoms with Gasteiger partial charge in [0.2, 0.25) is 0 Å². The Morgan fingerprint density at radius 1 is 1.59 bits per heavy atom. The Kier molecular flexibility index (Phi) is 3.93. The van der Waals surface area contributed by atoms with Crippen molar-refractivity contribution in [2.24, 2.45) is 5.84 Å². The van der Waals surface area contributed by atoms with Crippen LogP contribution < -0.4 is 16.0 Å². The Morgan fingerprint density at radius 3 is 2.71 bits per heavy atom. The number of rotatable bonds is 5. The Labute approximate surface area is 99.0 Å². The van der Waals surface area contributed by atoms with Gasteiger partial charge >= 0.3 is 5.97 Å². The number of nitrogens with one attached hydrogen (secondary N) is 1. The summed E-state index contributed by atoms with van der Waals surface area (Å²) in [6, 6.07) is 4.65. The van der Waals surface area contributed by atoms with E-state index in [0.29, 0.717) is 11.3 Å². The number of carboxylic acid groups (broad SMARTS) is 1. The van der Waals surface area contributed by atoms with Crippen molar-refractivity contribution in [2.75, 3.05) is 7.11 Å².